The first-order valence-electron chi connectivity index (χ1n) is 10.7. The Morgan fingerprint density at radius 1 is 1.28 bits per heavy atom. The molecule has 29 heavy (non-hydrogen) atoms. The van der Waals surface area contributed by atoms with E-state index in [9.17, 15) is 9.36 Å². The SMILES string of the molecule is CC(C)C1CC[C@H](C)C[C@@H]1OC(=O)Oc1cccc2c1[P@@](=O)(CC(C)(C)C)CO2. The molecule has 1 aliphatic heterocycles. The predicted octanol–water partition coefficient (Wildman–Crippen LogP) is 6.05. The number of hydrogen-bond donors (Lipinski definition) is 0. The monoisotopic (exact) mass is 422 g/mol. The molecule has 162 valence electrons. The zero-order valence-corrected chi connectivity index (χ0v) is 19.5. The molecule has 1 unspecified atom stereocenters. The summed E-state index contributed by atoms with van der Waals surface area (Å²) >= 11 is 0. The minimum atomic E-state index is -2.81. The van der Waals surface area contributed by atoms with E-state index in [1.165, 1.54) is 0 Å². The van der Waals surface area contributed by atoms with Gasteiger partial charge in [-0.1, -0.05) is 54.0 Å². The number of fused-ring (bicyclic) bond motifs is 1. The van der Waals surface area contributed by atoms with Crippen LogP contribution < -0.4 is 14.8 Å². The van der Waals surface area contributed by atoms with Crippen molar-refractivity contribution in [3.63, 3.8) is 0 Å². The van der Waals surface area contributed by atoms with Gasteiger partial charge in [-0.2, -0.15) is 0 Å². The van der Waals surface area contributed by atoms with Gasteiger partial charge in [0.15, 0.2) is 7.14 Å². The average molecular weight is 423 g/mol. The van der Waals surface area contributed by atoms with Crippen molar-refractivity contribution in [3.8, 4) is 11.5 Å². The highest BCUT2D eigenvalue weighted by Crippen LogP contribution is 2.57. The lowest BCUT2D eigenvalue weighted by atomic mass is 9.75. The van der Waals surface area contributed by atoms with Crippen LogP contribution in [0, 0.1) is 23.2 Å². The van der Waals surface area contributed by atoms with Crippen LogP contribution in [-0.2, 0) is 9.30 Å². The number of ether oxygens (including phenoxy) is 3. The first-order valence-corrected chi connectivity index (χ1v) is 12.8. The van der Waals surface area contributed by atoms with Gasteiger partial charge in [-0.15, -0.1) is 0 Å². The molecule has 1 heterocycles. The second-order valence-electron chi connectivity index (χ2n) is 10.3. The second kappa shape index (κ2) is 8.34. The van der Waals surface area contributed by atoms with E-state index in [0.717, 1.165) is 19.3 Å². The molecule has 1 fully saturated rings. The van der Waals surface area contributed by atoms with E-state index < -0.39 is 13.3 Å². The van der Waals surface area contributed by atoms with E-state index in [1.54, 1.807) is 18.2 Å². The third-order valence-corrected chi connectivity index (χ3v) is 9.19. The van der Waals surface area contributed by atoms with Crippen LogP contribution in [-0.4, -0.2) is 24.8 Å². The van der Waals surface area contributed by atoms with Crippen molar-refractivity contribution in [2.45, 2.75) is 66.9 Å². The number of carbonyl (C=O) groups is 1. The molecule has 0 amide bonds. The third-order valence-electron chi connectivity index (χ3n) is 5.93. The van der Waals surface area contributed by atoms with E-state index in [1.807, 2.05) is 0 Å². The quantitative estimate of drug-likeness (QED) is 0.336. The molecular weight excluding hydrogens is 387 g/mol. The van der Waals surface area contributed by atoms with Crippen molar-refractivity contribution in [1.82, 2.24) is 0 Å². The molecule has 0 aromatic heterocycles. The van der Waals surface area contributed by atoms with E-state index >= 15 is 0 Å². The maximum absolute atomic E-state index is 13.7. The molecule has 6 heteroatoms. The molecule has 2 aliphatic rings. The molecule has 4 atom stereocenters. The molecule has 5 nitrogen and oxygen atoms in total. The van der Waals surface area contributed by atoms with Gasteiger partial charge in [0.25, 0.3) is 0 Å². The van der Waals surface area contributed by atoms with Gasteiger partial charge in [-0.3, -0.25) is 0 Å². The number of benzene rings is 1. The van der Waals surface area contributed by atoms with Crippen LogP contribution in [0.4, 0.5) is 4.79 Å². The van der Waals surface area contributed by atoms with Crippen molar-refractivity contribution < 1.29 is 23.6 Å². The Bertz CT molecular complexity index is 795. The van der Waals surface area contributed by atoms with E-state index in [2.05, 4.69) is 41.5 Å². The van der Waals surface area contributed by atoms with Gasteiger partial charge in [-0.05, 0) is 48.1 Å². The number of rotatable bonds is 4. The molecule has 0 N–H and O–H groups in total. The van der Waals surface area contributed by atoms with Crippen LogP contribution in [0.1, 0.15) is 60.8 Å². The summed E-state index contributed by atoms with van der Waals surface area (Å²) in [6.45, 7) is 12.7. The summed E-state index contributed by atoms with van der Waals surface area (Å²) in [6, 6.07) is 5.23. The topological polar surface area (TPSA) is 61.8 Å². The molecule has 0 spiro atoms. The van der Waals surface area contributed by atoms with Gasteiger partial charge < -0.3 is 18.8 Å². The molecule has 1 aromatic rings. The van der Waals surface area contributed by atoms with Crippen molar-refractivity contribution in [1.29, 1.82) is 0 Å². The summed E-state index contributed by atoms with van der Waals surface area (Å²) in [5.41, 5.74) is -0.128. The van der Waals surface area contributed by atoms with Gasteiger partial charge in [0, 0.05) is 6.16 Å². The zero-order valence-electron chi connectivity index (χ0n) is 18.6. The Labute approximate surface area is 174 Å². The molecule has 0 saturated heterocycles. The highest BCUT2D eigenvalue weighted by molar-refractivity contribution is 7.72. The summed E-state index contributed by atoms with van der Waals surface area (Å²) in [5.74, 6) is 2.18. The lowest BCUT2D eigenvalue weighted by Crippen LogP contribution is -2.36. The van der Waals surface area contributed by atoms with Crippen LogP contribution in [0.3, 0.4) is 0 Å². The first-order chi connectivity index (χ1) is 13.5. The first kappa shape index (κ1) is 22.2. The fourth-order valence-corrected chi connectivity index (χ4v) is 8.04. The second-order valence-corrected chi connectivity index (χ2v) is 13.1. The summed E-state index contributed by atoms with van der Waals surface area (Å²) in [7, 11) is -2.81. The van der Waals surface area contributed by atoms with Crippen molar-refractivity contribution in [2.75, 3.05) is 12.5 Å². The van der Waals surface area contributed by atoms with Crippen molar-refractivity contribution in [3.05, 3.63) is 18.2 Å². The van der Waals surface area contributed by atoms with E-state index in [0.29, 0.717) is 40.7 Å². The Hall–Kier alpha value is -1.48. The minimum absolute atomic E-state index is 0.128. The Balaban J connectivity index is 1.78. The smallest absolute Gasteiger partial charge is 0.485 e. The number of carbonyl (C=O) groups excluding carboxylic acids is 1. The summed E-state index contributed by atoms with van der Waals surface area (Å²) < 4.78 is 30.8. The molecule has 0 bridgehead atoms. The normalized spacial score (nSPS) is 29.3. The van der Waals surface area contributed by atoms with Gasteiger partial charge in [0.1, 0.15) is 24.0 Å². The Morgan fingerprint density at radius 3 is 2.66 bits per heavy atom. The molecular formula is C23H35O5P. The van der Waals surface area contributed by atoms with E-state index in [-0.39, 0.29) is 17.9 Å². The van der Waals surface area contributed by atoms with Crippen LogP contribution in [0.15, 0.2) is 18.2 Å². The lowest BCUT2D eigenvalue weighted by Gasteiger charge is -2.36. The summed E-state index contributed by atoms with van der Waals surface area (Å²) in [5, 5.41) is 0.546. The molecule has 1 saturated carbocycles. The van der Waals surface area contributed by atoms with Gasteiger partial charge in [0.05, 0.1) is 5.30 Å². The zero-order chi connectivity index (χ0) is 21.4. The minimum Gasteiger partial charge on any atom is -0.485 e. The fourth-order valence-electron chi connectivity index (χ4n) is 4.72. The predicted molar refractivity (Wildman–Crippen MR) is 116 cm³/mol. The van der Waals surface area contributed by atoms with Crippen LogP contribution in [0.5, 0.6) is 11.5 Å². The third kappa shape index (κ3) is 5.17. The van der Waals surface area contributed by atoms with E-state index in [4.69, 9.17) is 14.2 Å². The van der Waals surface area contributed by atoms with Crippen LogP contribution >= 0.6 is 7.14 Å². The van der Waals surface area contributed by atoms with Gasteiger partial charge in [0.2, 0.25) is 0 Å². The highest BCUT2D eigenvalue weighted by atomic mass is 31.2. The van der Waals surface area contributed by atoms with Crippen LogP contribution in [0.2, 0.25) is 0 Å². The maximum Gasteiger partial charge on any atom is 0.514 e. The van der Waals surface area contributed by atoms with Crippen molar-refractivity contribution in [2.24, 2.45) is 23.2 Å². The Morgan fingerprint density at radius 2 is 2.00 bits per heavy atom. The summed E-state index contributed by atoms with van der Waals surface area (Å²) in [6.07, 6.45) is 2.89. The molecule has 1 aromatic carbocycles. The standard InChI is InChI=1S/C23H35O5P/c1-15(2)17-11-10-16(3)12-20(17)28-22(24)27-19-9-7-8-18-21(19)29(25,14-26-18)13-23(4,5)6/h7-9,15-17,20H,10-14H2,1-6H3/t16-,17?,20-,29+/m0/s1. The van der Waals surface area contributed by atoms with Gasteiger partial charge in [-0.25, -0.2) is 4.79 Å². The van der Waals surface area contributed by atoms with Crippen molar-refractivity contribution >= 4 is 18.6 Å². The van der Waals surface area contributed by atoms with Gasteiger partial charge >= 0.3 is 6.16 Å². The Kier molecular flexibility index (Phi) is 6.38. The summed E-state index contributed by atoms with van der Waals surface area (Å²) in [4.78, 5) is 12.7. The van der Waals surface area contributed by atoms with Crippen LogP contribution in [0.25, 0.3) is 0 Å². The highest BCUT2D eigenvalue weighted by Gasteiger charge is 2.42. The molecule has 3 rings (SSSR count). The molecule has 1 aliphatic carbocycles. The largest absolute Gasteiger partial charge is 0.514 e. The average Bonchev–Trinajstić information content (AvgIpc) is 2.90. The molecule has 0 radical (unpaired) electrons. The fraction of sp³-hybridized carbons (Fsp3) is 0.696. The number of hydrogen-bond acceptors (Lipinski definition) is 5. The lowest BCUT2D eigenvalue weighted by molar-refractivity contribution is -0.0135. The maximum atomic E-state index is 13.7.